The largest absolute Gasteiger partial charge is 0.495 e. The molecular weight excluding hydrogens is 316 g/mol. The molecule has 21 heavy (non-hydrogen) atoms. The van der Waals surface area contributed by atoms with E-state index in [0.717, 1.165) is 11.3 Å². The quantitative estimate of drug-likeness (QED) is 0.792. The average Bonchev–Trinajstić information content (AvgIpc) is 2.83. The molecule has 114 valence electrons. The predicted octanol–water partition coefficient (Wildman–Crippen LogP) is 1.25. The van der Waals surface area contributed by atoms with E-state index in [0.29, 0.717) is 10.8 Å². The fourth-order valence-corrected chi connectivity index (χ4v) is 3.62. The summed E-state index contributed by atoms with van der Waals surface area (Å²) < 4.78 is 37.2. The van der Waals surface area contributed by atoms with Crippen LogP contribution in [0.1, 0.15) is 5.01 Å². The molecule has 0 saturated heterocycles. The second-order valence-corrected chi connectivity index (χ2v) is 6.81. The molecule has 10 heteroatoms. The molecule has 0 fully saturated rings. The average molecular weight is 330 g/mol. The number of nitrogens with zero attached hydrogens (tertiary/aromatic N) is 2. The van der Waals surface area contributed by atoms with Gasteiger partial charge in [0.15, 0.2) is 0 Å². The number of methoxy groups -OCH3 is 2. The maximum atomic E-state index is 12.4. The molecule has 1 heterocycles. The number of nitrogens with one attached hydrogen (secondary N) is 1. The number of nitrogens with two attached hydrogens (primary N) is 1. The fourth-order valence-electron chi connectivity index (χ4n) is 1.61. The molecule has 0 amide bonds. The van der Waals surface area contributed by atoms with Crippen LogP contribution >= 0.6 is 11.3 Å². The molecule has 0 aliphatic heterocycles. The van der Waals surface area contributed by atoms with E-state index in [-0.39, 0.29) is 21.5 Å². The highest BCUT2D eigenvalue weighted by atomic mass is 32.2. The van der Waals surface area contributed by atoms with Gasteiger partial charge in [-0.3, -0.25) is 4.72 Å². The molecule has 0 aliphatic rings. The Bertz CT molecular complexity index is 758. The fraction of sp³-hybridized carbons (Fsp3) is 0.273. The number of aromatic nitrogens is 2. The van der Waals surface area contributed by atoms with Crippen molar-refractivity contribution in [3.8, 4) is 11.5 Å². The maximum Gasteiger partial charge on any atom is 0.267 e. The highest BCUT2D eigenvalue weighted by molar-refractivity contribution is 7.93. The van der Waals surface area contributed by atoms with E-state index >= 15 is 0 Å². The van der Waals surface area contributed by atoms with E-state index in [2.05, 4.69) is 14.9 Å². The van der Waals surface area contributed by atoms with Crippen molar-refractivity contribution in [2.45, 2.75) is 11.8 Å². The topological polar surface area (TPSA) is 116 Å². The monoisotopic (exact) mass is 330 g/mol. The van der Waals surface area contributed by atoms with Gasteiger partial charge in [-0.05, 0) is 13.0 Å². The second-order valence-electron chi connectivity index (χ2n) is 3.98. The molecule has 0 bridgehead atoms. The Morgan fingerprint density at radius 1 is 1.19 bits per heavy atom. The lowest BCUT2D eigenvalue weighted by Gasteiger charge is -2.13. The highest BCUT2D eigenvalue weighted by Gasteiger charge is 2.23. The standard InChI is InChI=1S/C11H14N4O4S2/c1-6-13-14-11(20-6)15-21(16,17)10-4-7(12)8(18-2)5-9(10)19-3/h4-5H,12H2,1-3H3,(H,14,15). The van der Waals surface area contributed by atoms with Crippen molar-refractivity contribution in [2.75, 3.05) is 24.7 Å². The first kappa shape index (κ1) is 15.3. The Kier molecular flexibility index (Phi) is 4.19. The number of rotatable bonds is 5. The molecule has 0 unspecified atom stereocenters. The Morgan fingerprint density at radius 2 is 1.86 bits per heavy atom. The van der Waals surface area contributed by atoms with Gasteiger partial charge in [0.05, 0.1) is 19.9 Å². The number of hydrogen-bond donors (Lipinski definition) is 2. The molecule has 2 rings (SSSR count). The maximum absolute atomic E-state index is 12.4. The summed E-state index contributed by atoms with van der Waals surface area (Å²) in [4.78, 5) is -0.101. The minimum absolute atomic E-state index is 0.101. The van der Waals surface area contributed by atoms with Crippen molar-refractivity contribution >= 4 is 32.2 Å². The zero-order valence-corrected chi connectivity index (χ0v) is 13.2. The van der Waals surface area contributed by atoms with Gasteiger partial charge >= 0.3 is 0 Å². The first-order valence-corrected chi connectivity index (χ1v) is 8.01. The van der Waals surface area contributed by atoms with Crippen LogP contribution in [0.5, 0.6) is 11.5 Å². The summed E-state index contributed by atoms with van der Waals surface area (Å²) >= 11 is 1.13. The third-order valence-corrected chi connectivity index (χ3v) is 4.80. The number of benzene rings is 1. The SMILES string of the molecule is COc1cc(OC)c(S(=O)(=O)Nc2nnc(C)s2)cc1N. The molecule has 2 aromatic rings. The molecule has 0 spiro atoms. The lowest BCUT2D eigenvalue weighted by molar-refractivity contribution is 0.387. The van der Waals surface area contributed by atoms with Crippen molar-refractivity contribution < 1.29 is 17.9 Å². The smallest absolute Gasteiger partial charge is 0.267 e. The zero-order chi connectivity index (χ0) is 15.6. The van der Waals surface area contributed by atoms with E-state index in [4.69, 9.17) is 15.2 Å². The van der Waals surface area contributed by atoms with Crippen LogP contribution in [0.2, 0.25) is 0 Å². The van der Waals surface area contributed by atoms with E-state index in [1.165, 1.54) is 26.4 Å². The summed E-state index contributed by atoms with van der Waals surface area (Å²) in [5, 5.41) is 8.28. The molecule has 8 nitrogen and oxygen atoms in total. The number of aryl methyl sites for hydroxylation is 1. The minimum Gasteiger partial charge on any atom is -0.495 e. The van der Waals surface area contributed by atoms with Gasteiger partial charge in [0, 0.05) is 6.07 Å². The third-order valence-electron chi connectivity index (χ3n) is 2.55. The van der Waals surface area contributed by atoms with E-state index < -0.39 is 10.0 Å². The van der Waals surface area contributed by atoms with Crippen molar-refractivity contribution in [1.29, 1.82) is 0 Å². The summed E-state index contributed by atoms with van der Waals surface area (Å²) in [6.07, 6.45) is 0. The Hall–Kier alpha value is -2.07. The van der Waals surface area contributed by atoms with Crippen LogP contribution in [-0.2, 0) is 10.0 Å². The highest BCUT2D eigenvalue weighted by Crippen LogP contribution is 2.34. The Morgan fingerprint density at radius 3 is 2.38 bits per heavy atom. The molecular formula is C11H14N4O4S2. The normalized spacial score (nSPS) is 11.2. The van der Waals surface area contributed by atoms with Crippen LogP contribution in [0, 0.1) is 6.92 Å². The lowest BCUT2D eigenvalue weighted by atomic mass is 10.3. The summed E-state index contributed by atoms with van der Waals surface area (Å²) in [5.74, 6) is 0.451. The number of anilines is 2. The van der Waals surface area contributed by atoms with Crippen LogP contribution in [-0.4, -0.2) is 32.8 Å². The Balaban J connectivity index is 2.46. The van der Waals surface area contributed by atoms with E-state index in [1.54, 1.807) is 6.92 Å². The Labute approximate surface area is 126 Å². The molecule has 0 aliphatic carbocycles. The predicted molar refractivity (Wildman–Crippen MR) is 79.4 cm³/mol. The third kappa shape index (κ3) is 3.16. The van der Waals surface area contributed by atoms with Crippen LogP contribution in [0.15, 0.2) is 17.0 Å². The summed E-state index contributed by atoms with van der Waals surface area (Å²) in [6, 6.07) is 2.68. The van der Waals surface area contributed by atoms with Gasteiger partial charge in [0.25, 0.3) is 10.0 Å². The van der Waals surface area contributed by atoms with Gasteiger partial charge in [0.2, 0.25) is 5.13 Å². The summed E-state index contributed by atoms with van der Waals surface area (Å²) in [7, 11) is -1.10. The summed E-state index contributed by atoms with van der Waals surface area (Å²) in [6.45, 7) is 1.72. The van der Waals surface area contributed by atoms with Crippen LogP contribution in [0.25, 0.3) is 0 Å². The first-order valence-electron chi connectivity index (χ1n) is 5.72. The molecule has 1 aromatic carbocycles. The van der Waals surface area contributed by atoms with Crippen LogP contribution < -0.4 is 19.9 Å². The van der Waals surface area contributed by atoms with Crippen molar-refractivity contribution in [3.63, 3.8) is 0 Å². The van der Waals surface area contributed by atoms with Gasteiger partial charge < -0.3 is 15.2 Å². The number of hydrogen-bond acceptors (Lipinski definition) is 8. The lowest BCUT2D eigenvalue weighted by Crippen LogP contribution is -2.14. The second kappa shape index (κ2) is 5.74. The van der Waals surface area contributed by atoms with Gasteiger partial charge in [-0.15, -0.1) is 10.2 Å². The number of ether oxygens (including phenoxy) is 2. The van der Waals surface area contributed by atoms with Crippen LogP contribution in [0.4, 0.5) is 10.8 Å². The van der Waals surface area contributed by atoms with Gasteiger partial charge in [0.1, 0.15) is 21.4 Å². The van der Waals surface area contributed by atoms with Gasteiger partial charge in [-0.1, -0.05) is 11.3 Å². The van der Waals surface area contributed by atoms with E-state index in [9.17, 15) is 8.42 Å². The van der Waals surface area contributed by atoms with Crippen molar-refractivity contribution in [2.24, 2.45) is 0 Å². The van der Waals surface area contributed by atoms with Crippen molar-refractivity contribution in [3.05, 3.63) is 17.1 Å². The molecule has 1 aromatic heterocycles. The van der Waals surface area contributed by atoms with Crippen molar-refractivity contribution in [1.82, 2.24) is 10.2 Å². The number of sulfonamides is 1. The zero-order valence-electron chi connectivity index (χ0n) is 11.6. The summed E-state index contributed by atoms with van der Waals surface area (Å²) in [5.41, 5.74) is 5.94. The molecule has 0 radical (unpaired) electrons. The molecule has 0 atom stereocenters. The van der Waals surface area contributed by atoms with Crippen LogP contribution in [0.3, 0.4) is 0 Å². The first-order chi connectivity index (χ1) is 9.87. The van der Waals surface area contributed by atoms with E-state index in [1.807, 2.05) is 0 Å². The van der Waals surface area contributed by atoms with Gasteiger partial charge in [-0.2, -0.15) is 0 Å². The molecule has 3 N–H and O–H groups in total. The van der Waals surface area contributed by atoms with Gasteiger partial charge in [-0.25, -0.2) is 8.42 Å². The number of nitrogen functional groups attached to an aromatic ring is 1. The minimum atomic E-state index is -3.89. The molecule has 0 saturated carbocycles.